The Hall–Kier alpha value is -3.79. The van der Waals surface area contributed by atoms with Crippen LogP contribution < -0.4 is 0 Å². The van der Waals surface area contributed by atoms with E-state index in [4.69, 9.17) is 18.9 Å². The van der Waals surface area contributed by atoms with E-state index >= 15 is 0 Å². The quantitative estimate of drug-likeness (QED) is 0.0213. The van der Waals surface area contributed by atoms with Crippen LogP contribution in [0.1, 0.15) is 155 Å². The Bertz CT molecular complexity index is 1320. The van der Waals surface area contributed by atoms with Gasteiger partial charge in [0.1, 0.15) is 13.2 Å². The first-order valence-corrected chi connectivity index (χ1v) is 23.4. The van der Waals surface area contributed by atoms with Crippen molar-refractivity contribution in [3.8, 4) is 0 Å². The number of hydrogen-bond donors (Lipinski definition) is 1. The van der Waals surface area contributed by atoms with Crippen molar-refractivity contribution in [2.75, 3.05) is 47.5 Å². The Labute approximate surface area is 372 Å². The normalized spacial score (nSPS) is 13.8. The Morgan fingerprint density at radius 2 is 0.885 bits per heavy atom. The van der Waals surface area contributed by atoms with Gasteiger partial charge in [0.05, 0.1) is 34.4 Å². The fraction of sp³-hybridized carbons (Fsp3) is 0.635. The zero-order chi connectivity index (χ0) is 44.9. The number of nitrogens with zero attached hydrogens (tertiary/aromatic N) is 1. The summed E-state index contributed by atoms with van der Waals surface area (Å²) in [7, 11) is 5.93. The number of carbonyl (C=O) groups excluding carboxylic acids is 2. The van der Waals surface area contributed by atoms with Crippen molar-refractivity contribution >= 4 is 17.9 Å². The van der Waals surface area contributed by atoms with E-state index in [1.807, 2.05) is 21.1 Å². The van der Waals surface area contributed by atoms with E-state index in [-0.39, 0.29) is 38.6 Å². The van der Waals surface area contributed by atoms with Gasteiger partial charge in [0.2, 0.25) is 0 Å². The van der Waals surface area contributed by atoms with Crippen LogP contribution in [0.4, 0.5) is 0 Å². The lowest BCUT2D eigenvalue weighted by Gasteiger charge is -2.25. The number of carboxylic acids is 1. The molecule has 0 heterocycles. The summed E-state index contributed by atoms with van der Waals surface area (Å²) in [6.07, 6.45) is 53.2. The van der Waals surface area contributed by atoms with Crippen molar-refractivity contribution in [1.82, 2.24) is 0 Å². The van der Waals surface area contributed by atoms with Crippen LogP contribution in [0.15, 0.2) is 97.2 Å². The molecule has 0 radical (unpaired) electrons. The number of hydrogen-bond acceptors (Lipinski definition) is 7. The molecule has 0 aromatic rings. The second kappa shape index (κ2) is 42.9. The van der Waals surface area contributed by atoms with Crippen LogP contribution in [-0.2, 0) is 33.3 Å². The molecule has 2 atom stereocenters. The van der Waals surface area contributed by atoms with E-state index in [0.29, 0.717) is 23.9 Å². The summed E-state index contributed by atoms with van der Waals surface area (Å²) in [5.74, 6) is -2.07. The molecule has 0 amide bonds. The lowest BCUT2D eigenvalue weighted by Crippen LogP contribution is -2.40. The molecular weight excluding hydrogens is 767 g/mol. The maximum atomic E-state index is 12.8. The van der Waals surface area contributed by atoms with Crippen LogP contribution in [-0.4, -0.2) is 87.4 Å². The first kappa shape index (κ1) is 57.2. The lowest BCUT2D eigenvalue weighted by molar-refractivity contribution is -0.870. The third kappa shape index (κ3) is 44.1. The molecule has 2 unspecified atom stereocenters. The monoisotopic (exact) mass is 853 g/mol. The van der Waals surface area contributed by atoms with Gasteiger partial charge in [-0.3, -0.25) is 9.59 Å². The Kier molecular flexibility index (Phi) is 40.2. The average Bonchev–Trinajstić information content (AvgIpc) is 3.22. The maximum Gasteiger partial charge on any atom is 0.361 e. The second-order valence-corrected chi connectivity index (χ2v) is 16.3. The number of unbranched alkanes of at least 4 members (excludes halogenated alkanes) is 10. The smallest absolute Gasteiger partial charge is 0.361 e. The average molecular weight is 853 g/mol. The molecule has 0 saturated heterocycles. The molecule has 346 valence electrons. The fourth-order valence-electron chi connectivity index (χ4n) is 5.76. The second-order valence-electron chi connectivity index (χ2n) is 16.3. The molecule has 0 aliphatic carbocycles. The summed E-state index contributed by atoms with van der Waals surface area (Å²) in [5.41, 5.74) is 0. The first-order valence-electron chi connectivity index (χ1n) is 23.4. The third-order valence-corrected chi connectivity index (χ3v) is 9.34. The minimum Gasteiger partial charge on any atom is -0.477 e. The van der Waals surface area contributed by atoms with E-state index in [9.17, 15) is 19.5 Å². The van der Waals surface area contributed by atoms with Gasteiger partial charge in [-0.15, -0.1) is 0 Å². The topological polar surface area (TPSA) is 108 Å². The molecule has 9 heteroatoms. The van der Waals surface area contributed by atoms with Crippen molar-refractivity contribution < 1.29 is 42.9 Å². The van der Waals surface area contributed by atoms with Crippen LogP contribution in [0.25, 0.3) is 0 Å². The molecule has 0 rings (SSSR count). The fourth-order valence-corrected chi connectivity index (χ4v) is 5.76. The number of aliphatic carboxylic acids is 1. The van der Waals surface area contributed by atoms with E-state index in [0.717, 1.165) is 116 Å². The van der Waals surface area contributed by atoms with Gasteiger partial charge in [-0.25, -0.2) is 4.79 Å². The number of ether oxygens (including phenoxy) is 4. The number of quaternary nitrogens is 1. The molecule has 0 bridgehead atoms. The number of allylic oxidation sites excluding steroid dienone is 16. The minimum atomic E-state index is -1.52. The lowest BCUT2D eigenvalue weighted by atomic mass is 10.1. The number of rotatable bonds is 41. The van der Waals surface area contributed by atoms with E-state index < -0.39 is 24.3 Å². The van der Waals surface area contributed by atoms with Gasteiger partial charge >= 0.3 is 17.9 Å². The molecule has 0 spiro atoms. The summed E-state index contributed by atoms with van der Waals surface area (Å²) in [4.78, 5) is 37.2. The maximum absolute atomic E-state index is 12.8. The van der Waals surface area contributed by atoms with Gasteiger partial charge in [-0.05, 0) is 89.9 Å². The zero-order valence-corrected chi connectivity index (χ0v) is 39.0. The summed E-state index contributed by atoms with van der Waals surface area (Å²) in [6.45, 7) is 4.57. The number of carboxylic acid groups (broad SMARTS) is 1. The summed E-state index contributed by atoms with van der Waals surface area (Å²) in [5, 5.41) is 9.65. The highest BCUT2D eigenvalue weighted by molar-refractivity contribution is 5.71. The number of carbonyl (C=O) groups is 3. The molecule has 0 saturated carbocycles. The van der Waals surface area contributed by atoms with E-state index in [1.54, 1.807) is 0 Å². The molecule has 0 aromatic carbocycles. The van der Waals surface area contributed by atoms with Gasteiger partial charge in [0.15, 0.2) is 6.10 Å². The summed E-state index contributed by atoms with van der Waals surface area (Å²) >= 11 is 0. The van der Waals surface area contributed by atoms with Crippen LogP contribution in [0, 0.1) is 0 Å². The highest BCUT2D eigenvalue weighted by Gasteiger charge is 2.25. The third-order valence-electron chi connectivity index (χ3n) is 9.34. The minimum absolute atomic E-state index is 0.174. The van der Waals surface area contributed by atoms with Gasteiger partial charge < -0.3 is 28.5 Å². The van der Waals surface area contributed by atoms with Crippen molar-refractivity contribution in [2.24, 2.45) is 0 Å². The highest BCUT2D eigenvalue weighted by atomic mass is 16.7. The van der Waals surface area contributed by atoms with Crippen LogP contribution >= 0.6 is 0 Å². The highest BCUT2D eigenvalue weighted by Crippen LogP contribution is 2.12. The first-order chi connectivity index (χ1) is 29.6. The molecule has 61 heavy (non-hydrogen) atoms. The summed E-state index contributed by atoms with van der Waals surface area (Å²) in [6, 6.07) is 0. The molecule has 0 aromatic heterocycles. The van der Waals surface area contributed by atoms with Gasteiger partial charge in [0.25, 0.3) is 6.29 Å². The number of likely N-dealkylation sites (N-methyl/N-ethyl adjacent to an activating group) is 1. The standard InChI is InChI=1S/C52H85NO8/c1-6-8-10-12-14-16-18-20-22-24-25-27-29-31-33-35-37-39-41-43-50(55)61-48(47-60-52(51(56)57)58-45-44-53(3,4)5)46-59-49(54)42-40-38-36-34-32-30-28-26-23-21-19-17-15-13-11-9-7-2/h8-11,14-17,20-23,25,27-28,30,48,52H,6-7,12-13,18-19,24,26,29,31-47H2,1-5H3/p+1/b10-8-,11-9-,16-14-,17-15-,22-20-,23-21-,27-25-,30-28-. The molecule has 9 nitrogen and oxygen atoms in total. The van der Waals surface area contributed by atoms with Gasteiger partial charge in [-0.1, -0.05) is 150 Å². The Morgan fingerprint density at radius 3 is 1.31 bits per heavy atom. The number of esters is 2. The largest absolute Gasteiger partial charge is 0.477 e. The van der Waals surface area contributed by atoms with Crippen LogP contribution in [0.3, 0.4) is 0 Å². The van der Waals surface area contributed by atoms with E-state index in [1.165, 1.54) is 0 Å². The van der Waals surface area contributed by atoms with Gasteiger partial charge in [-0.2, -0.15) is 0 Å². The van der Waals surface area contributed by atoms with Crippen molar-refractivity contribution in [2.45, 2.75) is 167 Å². The Morgan fingerprint density at radius 1 is 0.492 bits per heavy atom. The van der Waals surface area contributed by atoms with Gasteiger partial charge in [0, 0.05) is 12.8 Å². The molecule has 0 aliphatic rings. The van der Waals surface area contributed by atoms with E-state index in [2.05, 4.69) is 111 Å². The molecule has 1 N–H and O–H groups in total. The molecule has 0 aliphatic heterocycles. The predicted molar refractivity (Wildman–Crippen MR) is 253 cm³/mol. The molecule has 0 fully saturated rings. The SMILES string of the molecule is CC/C=C\C/C=C\C/C=C\C/C=C\CCCCCCCCC(=O)OC(COC(=O)CCCCCC/C=C\C/C=C\C/C=C\C/C=C\CC)COC(OCC[N+](C)(C)C)C(=O)O. The van der Waals surface area contributed by atoms with Crippen molar-refractivity contribution in [3.63, 3.8) is 0 Å². The van der Waals surface area contributed by atoms with Crippen molar-refractivity contribution in [3.05, 3.63) is 97.2 Å². The predicted octanol–water partition coefficient (Wildman–Crippen LogP) is 12.7. The Balaban J connectivity index is 4.50. The van der Waals surface area contributed by atoms with Crippen LogP contribution in [0.2, 0.25) is 0 Å². The summed E-state index contributed by atoms with van der Waals surface area (Å²) < 4.78 is 22.7. The molecular formula is C52H86NO8+. The van der Waals surface area contributed by atoms with Crippen LogP contribution in [0.5, 0.6) is 0 Å². The van der Waals surface area contributed by atoms with Crippen molar-refractivity contribution in [1.29, 1.82) is 0 Å². The zero-order valence-electron chi connectivity index (χ0n) is 39.0.